The minimum absolute atomic E-state index is 0.0953. The molecule has 0 unspecified atom stereocenters. The van der Waals surface area contributed by atoms with Crippen LogP contribution in [0.1, 0.15) is 23.2 Å². The number of benzene rings is 2. The highest BCUT2D eigenvalue weighted by Crippen LogP contribution is 2.22. The molecule has 1 aliphatic heterocycles. The van der Waals surface area contributed by atoms with Crippen LogP contribution in [0.4, 0.5) is 11.5 Å². The third kappa shape index (κ3) is 3.06. The Kier molecular flexibility index (Phi) is 3.85. The minimum atomic E-state index is -0.280. The molecule has 25 heavy (non-hydrogen) atoms. The maximum Gasteiger partial charge on any atom is 0.256 e. The Bertz CT molecular complexity index is 970. The molecular formula is C19H16N4O2. The summed E-state index contributed by atoms with van der Waals surface area (Å²) in [5.41, 5.74) is 2.72. The summed E-state index contributed by atoms with van der Waals surface area (Å²) in [5, 5.41) is 2.76. The van der Waals surface area contributed by atoms with Crippen LogP contribution in [0.25, 0.3) is 11.0 Å². The molecule has 1 fully saturated rings. The largest absolute Gasteiger partial charge is 0.312 e. The number of hydrogen-bond acceptors (Lipinski definition) is 4. The van der Waals surface area contributed by atoms with Crippen LogP contribution in [0, 0.1) is 0 Å². The van der Waals surface area contributed by atoms with Gasteiger partial charge in [0.1, 0.15) is 0 Å². The lowest BCUT2D eigenvalue weighted by molar-refractivity contribution is -0.117. The van der Waals surface area contributed by atoms with Gasteiger partial charge in [-0.25, -0.2) is 4.98 Å². The van der Waals surface area contributed by atoms with Crippen molar-refractivity contribution in [1.29, 1.82) is 0 Å². The standard InChI is InChI=1S/C19H16N4O2/c24-18-9-4-10-23(18)14-6-3-5-13(11-14)19(25)22-17-12-20-15-7-1-2-8-16(15)21-17/h1-3,5-8,11-12H,4,9-10H2,(H,21,22,25). The highest BCUT2D eigenvalue weighted by molar-refractivity contribution is 6.05. The maximum atomic E-state index is 12.5. The number of para-hydroxylation sites is 2. The van der Waals surface area contributed by atoms with Gasteiger partial charge in [-0.1, -0.05) is 18.2 Å². The molecule has 3 aromatic rings. The Labute approximate surface area is 144 Å². The summed E-state index contributed by atoms with van der Waals surface area (Å²) in [4.78, 5) is 34.8. The van der Waals surface area contributed by atoms with E-state index in [9.17, 15) is 9.59 Å². The Morgan fingerprint density at radius 2 is 1.92 bits per heavy atom. The summed E-state index contributed by atoms with van der Waals surface area (Å²) < 4.78 is 0. The van der Waals surface area contributed by atoms with Crippen LogP contribution in [-0.2, 0) is 4.79 Å². The molecule has 0 bridgehead atoms. The van der Waals surface area contributed by atoms with Crippen LogP contribution >= 0.6 is 0 Å². The highest BCUT2D eigenvalue weighted by atomic mass is 16.2. The van der Waals surface area contributed by atoms with E-state index < -0.39 is 0 Å². The molecule has 1 aromatic heterocycles. The summed E-state index contributed by atoms with van der Waals surface area (Å²) in [6.07, 6.45) is 2.94. The molecule has 4 rings (SSSR count). The second-order valence-corrected chi connectivity index (χ2v) is 5.90. The average molecular weight is 332 g/mol. The first-order chi connectivity index (χ1) is 12.2. The molecular weight excluding hydrogens is 316 g/mol. The summed E-state index contributed by atoms with van der Waals surface area (Å²) >= 11 is 0. The van der Waals surface area contributed by atoms with Crippen molar-refractivity contribution in [2.75, 3.05) is 16.8 Å². The molecule has 0 aliphatic carbocycles. The van der Waals surface area contributed by atoms with E-state index in [0.717, 1.165) is 23.1 Å². The third-order valence-electron chi connectivity index (χ3n) is 4.18. The normalized spacial score (nSPS) is 14.1. The van der Waals surface area contributed by atoms with Gasteiger partial charge in [0.2, 0.25) is 5.91 Å². The molecule has 0 spiro atoms. The topological polar surface area (TPSA) is 75.2 Å². The van der Waals surface area contributed by atoms with E-state index in [0.29, 0.717) is 24.3 Å². The smallest absolute Gasteiger partial charge is 0.256 e. The molecule has 124 valence electrons. The zero-order valence-corrected chi connectivity index (χ0v) is 13.5. The van der Waals surface area contributed by atoms with Crippen LogP contribution in [0.2, 0.25) is 0 Å². The van der Waals surface area contributed by atoms with Gasteiger partial charge in [-0.15, -0.1) is 0 Å². The van der Waals surface area contributed by atoms with Crippen molar-refractivity contribution in [3.63, 3.8) is 0 Å². The van der Waals surface area contributed by atoms with E-state index in [1.807, 2.05) is 30.3 Å². The zero-order chi connectivity index (χ0) is 17.2. The van der Waals surface area contributed by atoms with Crippen LogP contribution in [0.3, 0.4) is 0 Å². The number of carbonyl (C=O) groups excluding carboxylic acids is 2. The molecule has 6 heteroatoms. The lowest BCUT2D eigenvalue weighted by Crippen LogP contribution is -2.24. The fraction of sp³-hybridized carbons (Fsp3) is 0.158. The predicted molar refractivity (Wildman–Crippen MR) is 95.5 cm³/mol. The Balaban J connectivity index is 1.57. The zero-order valence-electron chi connectivity index (χ0n) is 13.5. The predicted octanol–water partition coefficient (Wildman–Crippen LogP) is 3.01. The SMILES string of the molecule is O=C(Nc1cnc2ccccc2n1)c1cccc(N2CCCC2=O)c1. The Hall–Kier alpha value is -3.28. The molecule has 1 saturated heterocycles. The Morgan fingerprint density at radius 1 is 1.08 bits per heavy atom. The number of fused-ring (bicyclic) bond motifs is 1. The van der Waals surface area contributed by atoms with Gasteiger partial charge in [-0.05, 0) is 36.8 Å². The number of nitrogens with zero attached hydrogens (tertiary/aromatic N) is 3. The van der Waals surface area contributed by atoms with E-state index >= 15 is 0 Å². The number of carbonyl (C=O) groups is 2. The second kappa shape index (κ2) is 6.32. The molecule has 2 amide bonds. The first-order valence-corrected chi connectivity index (χ1v) is 8.14. The van der Waals surface area contributed by atoms with Crippen molar-refractivity contribution in [2.45, 2.75) is 12.8 Å². The quantitative estimate of drug-likeness (QED) is 0.800. The maximum absolute atomic E-state index is 12.5. The molecule has 6 nitrogen and oxygen atoms in total. The van der Waals surface area contributed by atoms with Gasteiger partial charge in [0.05, 0.1) is 17.2 Å². The summed E-state index contributed by atoms with van der Waals surface area (Å²) in [6.45, 7) is 0.694. The van der Waals surface area contributed by atoms with Crippen molar-refractivity contribution >= 4 is 34.4 Å². The number of rotatable bonds is 3. The van der Waals surface area contributed by atoms with Gasteiger partial charge in [0, 0.05) is 24.2 Å². The number of hydrogen-bond donors (Lipinski definition) is 1. The van der Waals surface area contributed by atoms with Crippen LogP contribution in [-0.4, -0.2) is 28.3 Å². The minimum Gasteiger partial charge on any atom is -0.312 e. The molecule has 0 saturated carbocycles. The number of nitrogens with one attached hydrogen (secondary N) is 1. The monoisotopic (exact) mass is 332 g/mol. The van der Waals surface area contributed by atoms with Gasteiger partial charge in [0.25, 0.3) is 5.91 Å². The summed E-state index contributed by atoms with van der Waals surface area (Å²) in [5.74, 6) is 0.211. The fourth-order valence-electron chi connectivity index (χ4n) is 2.94. The van der Waals surface area contributed by atoms with Crippen LogP contribution in [0.5, 0.6) is 0 Å². The van der Waals surface area contributed by atoms with Crippen molar-refractivity contribution in [2.24, 2.45) is 0 Å². The van der Waals surface area contributed by atoms with E-state index in [4.69, 9.17) is 0 Å². The number of anilines is 2. The van der Waals surface area contributed by atoms with E-state index in [2.05, 4.69) is 15.3 Å². The molecule has 1 N–H and O–H groups in total. The number of aromatic nitrogens is 2. The van der Waals surface area contributed by atoms with Crippen LogP contribution in [0.15, 0.2) is 54.7 Å². The fourth-order valence-corrected chi connectivity index (χ4v) is 2.94. The highest BCUT2D eigenvalue weighted by Gasteiger charge is 2.22. The average Bonchev–Trinajstić information content (AvgIpc) is 3.08. The first-order valence-electron chi connectivity index (χ1n) is 8.14. The van der Waals surface area contributed by atoms with Crippen molar-refractivity contribution in [3.8, 4) is 0 Å². The molecule has 1 aliphatic rings. The van der Waals surface area contributed by atoms with Crippen molar-refractivity contribution < 1.29 is 9.59 Å². The van der Waals surface area contributed by atoms with Crippen molar-refractivity contribution in [1.82, 2.24) is 9.97 Å². The van der Waals surface area contributed by atoms with E-state index in [1.54, 1.807) is 23.1 Å². The van der Waals surface area contributed by atoms with E-state index in [1.165, 1.54) is 6.20 Å². The summed E-state index contributed by atoms with van der Waals surface area (Å²) in [7, 11) is 0. The van der Waals surface area contributed by atoms with Gasteiger partial charge in [-0.3, -0.25) is 14.6 Å². The lowest BCUT2D eigenvalue weighted by Gasteiger charge is -2.16. The second-order valence-electron chi connectivity index (χ2n) is 5.90. The van der Waals surface area contributed by atoms with Gasteiger partial charge >= 0.3 is 0 Å². The van der Waals surface area contributed by atoms with Gasteiger partial charge in [-0.2, -0.15) is 0 Å². The molecule has 2 aromatic carbocycles. The molecule has 2 heterocycles. The third-order valence-corrected chi connectivity index (χ3v) is 4.18. The van der Waals surface area contributed by atoms with Gasteiger partial charge < -0.3 is 10.2 Å². The number of amides is 2. The lowest BCUT2D eigenvalue weighted by atomic mass is 10.1. The molecule has 0 atom stereocenters. The van der Waals surface area contributed by atoms with Crippen LogP contribution < -0.4 is 10.2 Å². The Morgan fingerprint density at radius 3 is 2.72 bits per heavy atom. The summed E-state index contributed by atoms with van der Waals surface area (Å²) in [6, 6.07) is 14.5. The van der Waals surface area contributed by atoms with E-state index in [-0.39, 0.29) is 11.8 Å². The molecule has 0 radical (unpaired) electrons. The van der Waals surface area contributed by atoms with Gasteiger partial charge in [0.15, 0.2) is 5.82 Å². The van der Waals surface area contributed by atoms with Crippen molar-refractivity contribution in [3.05, 3.63) is 60.3 Å². The first kappa shape index (κ1) is 15.3.